The molecule has 4 aliphatic rings. The van der Waals surface area contributed by atoms with Gasteiger partial charge >= 0.3 is 103 Å². The van der Waals surface area contributed by atoms with Gasteiger partial charge in [0.2, 0.25) is 0 Å². The summed E-state index contributed by atoms with van der Waals surface area (Å²) in [5.41, 5.74) is 0. The van der Waals surface area contributed by atoms with E-state index in [1.807, 2.05) is 0 Å². The summed E-state index contributed by atoms with van der Waals surface area (Å²) < 4.78 is 27.8. The van der Waals surface area contributed by atoms with E-state index in [9.17, 15) is 25.0 Å². The number of phosphoric acid groups is 1. The molecule has 1 radical (unpaired) electrons. The van der Waals surface area contributed by atoms with Crippen molar-refractivity contribution in [2.45, 2.75) is 29.0 Å². The van der Waals surface area contributed by atoms with Gasteiger partial charge in [-0.2, -0.15) is 0 Å². The van der Waals surface area contributed by atoms with Crippen LogP contribution in [-0.2, 0) is 19.8 Å². The Balaban J connectivity index is 1.89. The quantitative estimate of drug-likeness (QED) is 0.254. The zero-order chi connectivity index (χ0) is 13.3. The van der Waals surface area contributed by atoms with Gasteiger partial charge in [0.15, 0.2) is 0 Å². The second-order valence-electron chi connectivity index (χ2n) is 4.11. The van der Waals surface area contributed by atoms with E-state index in [1.165, 1.54) is 0 Å². The zero-order valence-corrected chi connectivity index (χ0v) is 11.5. The van der Waals surface area contributed by atoms with E-state index in [0.717, 1.165) is 0 Å². The first-order valence-corrected chi connectivity index (χ1v) is 9.65. The third-order valence-corrected chi connectivity index (χ3v) is 14.5. The van der Waals surface area contributed by atoms with Crippen LogP contribution in [0.2, 0.25) is 0 Å². The summed E-state index contributed by atoms with van der Waals surface area (Å²) in [5, 5.41) is 48.0. The molecule has 0 saturated carbocycles. The van der Waals surface area contributed by atoms with Crippen molar-refractivity contribution < 1.29 is 45.4 Å². The second-order valence-corrected chi connectivity index (χ2v) is 12.0. The van der Waals surface area contributed by atoms with Crippen molar-refractivity contribution in [1.82, 2.24) is 0 Å². The molecule has 10 nitrogen and oxygen atoms in total. The standard InChI is InChI=1S/C6H11AsO10P/c8-1-2-3(9)4(10)5(11)6(12,14-2)7-15-18(13,16-7)17-7/h2-5,8-12H,1H2/t2-,3-,4+,5-,6?/m1/s1. The predicted molar refractivity (Wildman–Crippen MR) is 51.5 cm³/mol. The topological polar surface area (TPSA) is 155 Å². The molecule has 0 spiro atoms. The van der Waals surface area contributed by atoms with Crippen molar-refractivity contribution in [1.29, 1.82) is 0 Å². The van der Waals surface area contributed by atoms with Crippen LogP contribution < -0.4 is 0 Å². The molecule has 105 valence electrons. The summed E-state index contributed by atoms with van der Waals surface area (Å²) in [4.78, 5) is 0. The van der Waals surface area contributed by atoms with Crippen LogP contribution in [0.3, 0.4) is 0 Å². The Labute approximate surface area is 104 Å². The van der Waals surface area contributed by atoms with E-state index in [0.29, 0.717) is 0 Å². The first-order valence-electron chi connectivity index (χ1n) is 4.95. The van der Waals surface area contributed by atoms with Crippen molar-refractivity contribution in [3.05, 3.63) is 0 Å². The third-order valence-electron chi connectivity index (χ3n) is 2.96. The van der Waals surface area contributed by atoms with Gasteiger partial charge < -0.3 is 0 Å². The molecule has 1 unspecified atom stereocenters. The summed E-state index contributed by atoms with van der Waals surface area (Å²) in [6.45, 7) is -0.722. The molecule has 4 heterocycles. The Morgan fingerprint density at radius 1 is 1.17 bits per heavy atom. The van der Waals surface area contributed by atoms with Crippen LogP contribution in [0.5, 0.6) is 0 Å². The zero-order valence-electron chi connectivity index (χ0n) is 8.69. The predicted octanol–water partition coefficient (Wildman–Crippen LogP) is -3.19. The fourth-order valence-corrected chi connectivity index (χ4v) is 12.1. The molecular weight excluding hydrogens is 338 g/mol. The first kappa shape index (κ1) is 13.4. The van der Waals surface area contributed by atoms with E-state index in [4.69, 9.17) is 20.4 Å². The Morgan fingerprint density at radius 3 is 2.17 bits per heavy atom. The van der Waals surface area contributed by atoms with Crippen LogP contribution in [0.4, 0.5) is 0 Å². The molecule has 4 rings (SSSR count). The molecule has 5 N–H and O–H groups in total. The van der Waals surface area contributed by atoms with Crippen molar-refractivity contribution in [3.8, 4) is 0 Å². The fraction of sp³-hybridized carbons (Fsp3) is 1.00. The minimum absolute atomic E-state index is 0.722. The molecule has 0 aliphatic carbocycles. The maximum atomic E-state index is 11.1. The van der Waals surface area contributed by atoms with E-state index in [2.05, 4.69) is 0 Å². The summed E-state index contributed by atoms with van der Waals surface area (Å²) in [5.74, 6) is 0. The molecular formula is C6H11AsO10P. The summed E-state index contributed by atoms with van der Waals surface area (Å²) in [6.07, 6.45) is -6.74. The van der Waals surface area contributed by atoms with Gasteiger partial charge in [-0.15, -0.1) is 0 Å². The molecule has 18 heavy (non-hydrogen) atoms. The normalized spacial score (nSPS) is 62.9. The van der Waals surface area contributed by atoms with E-state index in [1.54, 1.807) is 0 Å². The molecule has 0 aromatic rings. The van der Waals surface area contributed by atoms with Gasteiger partial charge in [-0.3, -0.25) is 0 Å². The molecule has 0 aromatic carbocycles. The van der Waals surface area contributed by atoms with Crippen LogP contribution in [-0.4, -0.2) is 75.7 Å². The van der Waals surface area contributed by atoms with Gasteiger partial charge in [0.05, 0.1) is 0 Å². The summed E-state index contributed by atoms with van der Waals surface area (Å²) in [6, 6.07) is 0. The Bertz CT molecular complexity index is 402. The van der Waals surface area contributed by atoms with Crippen molar-refractivity contribution in [2.24, 2.45) is 0 Å². The van der Waals surface area contributed by atoms with Crippen molar-refractivity contribution in [2.75, 3.05) is 6.61 Å². The third kappa shape index (κ3) is 1.42. The fourth-order valence-electron chi connectivity index (χ4n) is 1.95. The monoisotopic (exact) mass is 349 g/mol. The van der Waals surface area contributed by atoms with Gasteiger partial charge in [-0.05, 0) is 0 Å². The van der Waals surface area contributed by atoms with Gasteiger partial charge in [-0.1, -0.05) is 0 Å². The van der Waals surface area contributed by atoms with Gasteiger partial charge in [0.1, 0.15) is 0 Å². The van der Waals surface area contributed by atoms with Gasteiger partial charge in [0.25, 0.3) is 0 Å². The first-order chi connectivity index (χ1) is 8.27. The molecule has 4 aliphatic heterocycles. The van der Waals surface area contributed by atoms with E-state index in [-0.39, 0.29) is 0 Å². The average Bonchev–Trinajstić information content (AvgIpc) is 2.26. The molecule has 0 aromatic heterocycles. The summed E-state index contributed by atoms with van der Waals surface area (Å²) >= 11 is -4.28. The molecule has 12 heteroatoms. The molecule has 5 atom stereocenters. The van der Waals surface area contributed by atoms with E-state index >= 15 is 0 Å². The number of hydrogen-bond acceptors (Lipinski definition) is 10. The average molecular weight is 349 g/mol. The van der Waals surface area contributed by atoms with Crippen LogP contribution in [0.1, 0.15) is 0 Å². The van der Waals surface area contributed by atoms with Gasteiger partial charge in [0, 0.05) is 0 Å². The number of ether oxygens (including phenoxy) is 1. The minimum atomic E-state index is -4.28. The Kier molecular flexibility index (Phi) is 2.79. The van der Waals surface area contributed by atoms with Crippen molar-refractivity contribution >= 4 is 22.4 Å². The number of hydrogen-bond donors (Lipinski definition) is 5. The number of rotatable bonds is 2. The Morgan fingerprint density at radius 2 is 1.72 bits per heavy atom. The molecule has 2 bridgehead atoms. The number of aliphatic hydroxyl groups is 5. The Hall–Kier alpha value is 0.428. The second kappa shape index (κ2) is 3.75. The summed E-state index contributed by atoms with van der Waals surface area (Å²) in [7, 11) is -3.57. The molecule has 0 amide bonds. The van der Waals surface area contributed by atoms with Crippen LogP contribution in [0.15, 0.2) is 0 Å². The maximum absolute atomic E-state index is 11.1. The molecule has 4 saturated heterocycles. The van der Waals surface area contributed by atoms with Crippen LogP contribution >= 0.6 is 7.82 Å². The van der Waals surface area contributed by atoms with Crippen LogP contribution in [0, 0.1) is 0 Å². The van der Waals surface area contributed by atoms with E-state index < -0.39 is 58.0 Å². The molecule has 4 fully saturated rings. The number of aliphatic hydroxyl groups excluding tert-OH is 4. The van der Waals surface area contributed by atoms with Crippen molar-refractivity contribution in [3.63, 3.8) is 0 Å². The van der Waals surface area contributed by atoms with Gasteiger partial charge in [-0.25, -0.2) is 0 Å². The SMILES string of the molecule is O=P12O[As](C3(O)O[C@H](CO)[C@@H](O)[C@H](O)[C@H]3O)(O1)O2. The van der Waals surface area contributed by atoms with Crippen LogP contribution in [0.25, 0.3) is 0 Å².